The lowest BCUT2D eigenvalue weighted by Gasteiger charge is -1.97. The first kappa shape index (κ1) is 8.07. The number of aromatic nitrogens is 2. The number of carbonyl (C=O) groups is 1. The van der Waals surface area contributed by atoms with Gasteiger partial charge in [-0.25, -0.2) is 9.78 Å². The molecular formula is C8H5ClN2O2. The highest BCUT2D eigenvalue weighted by atomic mass is 35.5. The van der Waals surface area contributed by atoms with Crippen molar-refractivity contribution in [2.75, 3.05) is 0 Å². The van der Waals surface area contributed by atoms with E-state index in [0.29, 0.717) is 10.7 Å². The minimum absolute atomic E-state index is 0.180. The third kappa shape index (κ3) is 1.15. The average Bonchev–Trinajstić information content (AvgIpc) is 2.48. The van der Waals surface area contributed by atoms with E-state index in [1.165, 1.54) is 16.7 Å². The molecule has 5 heteroatoms. The van der Waals surface area contributed by atoms with Crippen LogP contribution in [0.15, 0.2) is 24.5 Å². The zero-order valence-corrected chi connectivity index (χ0v) is 7.19. The SMILES string of the molecule is O=C(O)c1ccc2c(Cl)nccn12. The molecule has 0 aromatic carbocycles. The molecular weight excluding hydrogens is 192 g/mol. The second-order valence-corrected chi connectivity index (χ2v) is 2.86. The predicted octanol–water partition coefficient (Wildman–Crippen LogP) is 1.69. The Morgan fingerprint density at radius 3 is 3.00 bits per heavy atom. The van der Waals surface area contributed by atoms with Gasteiger partial charge in [0.2, 0.25) is 0 Å². The van der Waals surface area contributed by atoms with Crippen molar-refractivity contribution in [3.63, 3.8) is 0 Å². The molecule has 0 aliphatic rings. The van der Waals surface area contributed by atoms with Crippen LogP contribution in [0.5, 0.6) is 0 Å². The van der Waals surface area contributed by atoms with Crippen LogP contribution in [-0.4, -0.2) is 20.5 Å². The minimum atomic E-state index is -0.984. The van der Waals surface area contributed by atoms with Gasteiger partial charge >= 0.3 is 5.97 Å². The Hall–Kier alpha value is -1.55. The zero-order valence-electron chi connectivity index (χ0n) is 6.44. The van der Waals surface area contributed by atoms with Crippen molar-refractivity contribution in [3.05, 3.63) is 35.4 Å². The number of hydrogen-bond donors (Lipinski definition) is 1. The maximum atomic E-state index is 10.7. The Bertz CT molecular complexity index is 478. The Morgan fingerprint density at radius 1 is 1.54 bits per heavy atom. The average molecular weight is 197 g/mol. The van der Waals surface area contributed by atoms with Crippen molar-refractivity contribution in [3.8, 4) is 0 Å². The first-order valence-corrected chi connectivity index (χ1v) is 3.93. The number of halogens is 1. The predicted molar refractivity (Wildman–Crippen MR) is 47.2 cm³/mol. The van der Waals surface area contributed by atoms with Crippen LogP contribution in [0.4, 0.5) is 0 Å². The smallest absolute Gasteiger partial charge is 0.352 e. The summed E-state index contributed by atoms with van der Waals surface area (Å²) in [6.07, 6.45) is 3.02. The van der Waals surface area contributed by atoms with E-state index in [2.05, 4.69) is 4.98 Å². The summed E-state index contributed by atoms with van der Waals surface area (Å²) < 4.78 is 1.48. The van der Waals surface area contributed by atoms with Gasteiger partial charge in [0.15, 0.2) is 5.15 Å². The number of rotatable bonds is 1. The van der Waals surface area contributed by atoms with Crippen LogP contribution >= 0.6 is 11.6 Å². The van der Waals surface area contributed by atoms with Gasteiger partial charge in [-0.2, -0.15) is 0 Å². The highest BCUT2D eigenvalue weighted by Gasteiger charge is 2.10. The molecule has 2 aromatic rings. The fraction of sp³-hybridized carbons (Fsp3) is 0. The van der Waals surface area contributed by atoms with Crippen LogP contribution in [0.2, 0.25) is 5.15 Å². The van der Waals surface area contributed by atoms with Crippen LogP contribution in [0, 0.1) is 0 Å². The van der Waals surface area contributed by atoms with Gasteiger partial charge in [0.05, 0.1) is 5.52 Å². The minimum Gasteiger partial charge on any atom is -0.477 e. The largest absolute Gasteiger partial charge is 0.477 e. The third-order valence-electron chi connectivity index (χ3n) is 1.75. The molecule has 0 aliphatic carbocycles. The first-order valence-electron chi connectivity index (χ1n) is 3.55. The molecule has 0 atom stereocenters. The fourth-order valence-corrected chi connectivity index (χ4v) is 1.39. The van der Waals surface area contributed by atoms with Crippen molar-refractivity contribution >= 4 is 23.1 Å². The monoisotopic (exact) mass is 196 g/mol. The highest BCUT2D eigenvalue weighted by Crippen LogP contribution is 2.16. The van der Waals surface area contributed by atoms with E-state index >= 15 is 0 Å². The Labute approximate surface area is 78.4 Å². The van der Waals surface area contributed by atoms with Crippen LogP contribution in [0.3, 0.4) is 0 Å². The lowest BCUT2D eigenvalue weighted by atomic mass is 10.4. The van der Waals surface area contributed by atoms with Gasteiger partial charge in [0.1, 0.15) is 5.69 Å². The molecule has 0 spiro atoms. The van der Waals surface area contributed by atoms with Gasteiger partial charge in [-0.3, -0.25) is 0 Å². The number of carboxylic acids is 1. The molecule has 1 N–H and O–H groups in total. The van der Waals surface area contributed by atoms with Gasteiger partial charge in [-0.05, 0) is 12.1 Å². The van der Waals surface area contributed by atoms with E-state index < -0.39 is 5.97 Å². The van der Waals surface area contributed by atoms with Crippen molar-refractivity contribution in [1.29, 1.82) is 0 Å². The molecule has 13 heavy (non-hydrogen) atoms. The summed E-state index contributed by atoms with van der Waals surface area (Å²) in [5.41, 5.74) is 0.779. The van der Waals surface area contributed by atoms with Gasteiger partial charge in [0.25, 0.3) is 0 Å². The quantitative estimate of drug-likeness (QED) is 0.755. The summed E-state index contributed by atoms with van der Waals surface area (Å²) in [7, 11) is 0. The molecule has 0 radical (unpaired) electrons. The molecule has 0 aliphatic heterocycles. The standard InChI is InChI=1S/C8H5ClN2O2/c9-7-5-1-2-6(8(12)13)11(5)4-3-10-7/h1-4H,(H,12,13). The Balaban J connectivity index is 2.83. The van der Waals surface area contributed by atoms with Crippen LogP contribution < -0.4 is 0 Å². The van der Waals surface area contributed by atoms with E-state index in [4.69, 9.17) is 16.7 Å². The fourth-order valence-electron chi connectivity index (χ4n) is 1.18. The molecule has 0 saturated carbocycles. The molecule has 0 unspecified atom stereocenters. The van der Waals surface area contributed by atoms with Crippen molar-refractivity contribution in [1.82, 2.24) is 9.38 Å². The maximum Gasteiger partial charge on any atom is 0.352 e. The molecule has 0 bridgehead atoms. The van der Waals surface area contributed by atoms with E-state index in [1.807, 2.05) is 0 Å². The lowest BCUT2D eigenvalue weighted by Crippen LogP contribution is -2.01. The van der Waals surface area contributed by atoms with E-state index in [0.717, 1.165) is 0 Å². The van der Waals surface area contributed by atoms with Gasteiger partial charge in [0, 0.05) is 12.4 Å². The number of aromatic carboxylic acids is 1. The molecule has 2 heterocycles. The van der Waals surface area contributed by atoms with Gasteiger partial charge in [-0.1, -0.05) is 11.6 Å². The normalized spacial score (nSPS) is 10.5. The van der Waals surface area contributed by atoms with Crippen molar-refractivity contribution < 1.29 is 9.90 Å². The topological polar surface area (TPSA) is 54.6 Å². The lowest BCUT2D eigenvalue weighted by molar-refractivity contribution is 0.0689. The number of carboxylic acid groups (broad SMARTS) is 1. The number of hydrogen-bond acceptors (Lipinski definition) is 2. The van der Waals surface area contributed by atoms with Gasteiger partial charge in [-0.15, -0.1) is 0 Å². The van der Waals surface area contributed by atoms with Crippen molar-refractivity contribution in [2.24, 2.45) is 0 Å². The molecule has 2 aromatic heterocycles. The highest BCUT2D eigenvalue weighted by molar-refractivity contribution is 6.32. The van der Waals surface area contributed by atoms with E-state index in [1.54, 1.807) is 12.3 Å². The molecule has 4 nitrogen and oxygen atoms in total. The maximum absolute atomic E-state index is 10.7. The Morgan fingerprint density at radius 2 is 2.31 bits per heavy atom. The molecule has 2 rings (SSSR count). The Kier molecular flexibility index (Phi) is 1.70. The van der Waals surface area contributed by atoms with E-state index in [-0.39, 0.29) is 5.69 Å². The summed E-state index contributed by atoms with van der Waals surface area (Å²) in [5.74, 6) is -0.984. The molecule has 0 saturated heterocycles. The molecule has 66 valence electrons. The van der Waals surface area contributed by atoms with Crippen LogP contribution in [0.1, 0.15) is 10.5 Å². The number of nitrogens with zero attached hydrogens (tertiary/aromatic N) is 2. The summed E-state index contributed by atoms with van der Waals surface area (Å²) >= 11 is 5.75. The molecule has 0 fully saturated rings. The van der Waals surface area contributed by atoms with Crippen LogP contribution in [-0.2, 0) is 0 Å². The summed E-state index contributed by atoms with van der Waals surface area (Å²) in [6.45, 7) is 0. The summed E-state index contributed by atoms with van der Waals surface area (Å²) in [5, 5.41) is 9.08. The van der Waals surface area contributed by atoms with E-state index in [9.17, 15) is 4.79 Å². The second-order valence-electron chi connectivity index (χ2n) is 2.50. The first-order chi connectivity index (χ1) is 6.20. The molecule has 0 amide bonds. The third-order valence-corrected chi connectivity index (χ3v) is 2.04. The number of fused-ring (bicyclic) bond motifs is 1. The van der Waals surface area contributed by atoms with Crippen LogP contribution in [0.25, 0.3) is 5.52 Å². The van der Waals surface area contributed by atoms with Crippen molar-refractivity contribution in [2.45, 2.75) is 0 Å². The second kappa shape index (κ2) is 2.74. The zero-order chi connectivity index (χ0) is 9.42. The summed E-state index contributed by atoms with van der Waals surface area (Å²) in [4.78, 5) is 14.5. The summed E-state index contributed by atoms with van der Waals surface area (Å²) in [6, 6.07) is 3.12. The van der Waals surface area contributed by atoms with Gasteiger partial charge < -0.3 is 9.51 Å².